The molecular formula is C26H25ClN2O3S. The summed E-state index contributed by atoms with van der Waals surface area (Å²) < 4.78 is 34.4. The third-order valence-electron chi connectivity index (χ3n) is 6.31. The number of hydrogen-bond donors (Lipinski definition) is 2. The average Bonchev–Trinajstić information content (AvgIpc) is 3.31. The van der Waals surface area contributed by atoms with E-state index in [-0.39, 0.29) is 16.9 Å². The highest BCUT2D eigenvalue weighted by Gasteiger charge is 2.38. The number of fused-ring (bicyclic) bond motifs is 3. The number of nitrogens with one attached hydrogen (secondary N) is 2. The van der Waals surface area contributed by atoms with Crippen molar-refractivity contribution < 1.29 is 13.2 Å². The Balaban J connectivity index is 1.46. The molecule has 2 N–H and O–H groups in total. The van der Waals surface area contributed by atoms with Crippen LogP contribution >= 0.6 is 11.6 Å². The van der Waals surface area contributed by atoms with Gasteiger partial charge in [0, 0.05) is 11.6 Å². The number of para-hydroxylation sites is 1. The topological polar surface area (TPSA) is 67.4 Å². The maximum atomic E-state index is 13.1. The lowest BCUT2D eigenvalue weighted by Gasteiger charge is -2.37. The quantitative estimate of drug-likeness (QED) is 0.402. The molecule has 170 valence electrons. The van der Waals surface area contributed by atoms with Gasteiger partial charge in [0.25, 0.3) is 10.0 Å². The molecule has 0 radical (unpaired) electrons. The van der Waals surface area contributed by atoms with Crippen molar-refractivity contribution in [1.29, 1.82) is 0 Å². The van der Waals surface area contributed by atoms with Gasteiger partial charge in [0.2, 0.25) is 0 Å². The first kappa shape index (κ1) is 21.9. The summed E-state index contributed by atoms with van der Waals surface area (Å²) in [6.07, 6.45) is 5.32. The Morgan fingerprint density at radius 1 is 1.09 bits per heavy atom. The first-order valence-corrected chi connectivity index (χ1v) is 12.9. The number of rotatable bonds is 6. The Morgan fingerprint density at radius 3 is 2.64 bits per heavy atom. The fourth-order valence-corrected chi connectivity index (χ4v) is 6.11. The molecule has 7 heteroatoms. The van der Waals surface area contributed by atoms with Gasteiger partial charge in [-0.25, -0.2) is 8.42 Å². The molecular weight excluding hydrogens is 456 g/mol. The molecule has 5 rings (SSSR count). The van der Waals surface area contributed by atoms with E-state index in [1.165, 1.54) is 5.56 Å². The van der Waals surface area contributed by atoms with E-state index in [0.717, 1.165) is 23.4 Å². The van der Waals surface area contributed by atoms with E-state index >= 15 is 0 Å². The molecule has 0 fully saturated rings. The van der Waals surface area contributed by atoms with Crippen LogP contribution in [-0.4, -0.2) is 15.0 Å². The van der Waals surface area contributed by atoms with Crippen LogP contribution < -0.4 is 14.8 Å². The van der Waals surface area contributed by atoms with Gasteiger partial charge in [0.05, 0.1) is 28.3 Å². The van der Waals surface area contributed by atoms with E-state index in [0.29, 0.717) is 23.2 Å². The van der Waals surface area contributed by atoms with Crippen molar-refractivity contribution in [2.24, 2.45) is 5.92 Å². The third-order valence-corrected chi connectivity index (χ3v) is 8.01. The van der Waals surface area contributed by atoms with Crippen molar-refractivity contribution in [2.75, 3.05) is 16.6 Å². The van der Waals surface area contributed by atoms with E-state index in [9.17, 15) is 8.42 Å². The Kier molecular flexibility index (Phi) is 5.81. The largest absolute Gasteiger partial charge is 0.494 e. The Morgan fingerprint density at radius 2 is 1.88 bits per heavy atom. The minimum Gasteiger partial charge on any atom is -0.494 e. The number of sulfonamides is 1. The zero-order valence-corrected chi connectivity index (χ0v) is 19.7. The van der Waals surface area contributed by atoms with Crippen molar-refractivity contribution in [3.05, 3.63) is 95.0 Å². The maximum absolute atomic E-state index is 13.1. The second-order valence-electron chi connectivity index (χ2n) is 8.31. The lowest BCUT2D eigenvalue weighted by Crippen LogP contribution is -2.29. The summed E-state index contributed by atoms with van der Waals surface area (Å²) in [6, 6.07) is 20.5. The first-order valence-electron chi connectivity index (χ1n) is 11.0. The van der Waals surface area contributed by atoms with Crippen molar-refractivity contribution in [3.63, 3.8) is 0 Å². The smallest absolute Gasteiger partial charge is 0.261 e. The van der Waals surface area contributed by atoms with Crippen molar-refractivity contribution >= 4 is 33.0 Å². The highest BCUT2D eigenvalue weighted by Crippen LogP contribution is 2.50. The fraction of sp³-hybridized carbons (Fsp3) is 0.231. The van der Waals surface area contributed by atoms with Crippen LogP contribution in [0, 0.1) is 5.92 Å². The van der Waals surface area contributed by atoms with Gasteiger partial charge in [0.15, 0.2) is 0 Å². The number of anilines is 2. The molecule has 2 aliphatic rings. The van der Waals surface area contributed by atoms with Gasteiger partial charge in [-0.1, -0.05) is 48.0 Å². The number of benzene rings is 3. The second-order valence-corrected chi connectivity index (χ2v) is 10.4. The Labute approximate surface area is 199 Å². The minimum absolute atomic E-state index is 0.136. The minimum atomic E-state index is -3.77. The molecule has 5 nitrogen and oxygen atoms in total. The summed E-state index contributed by atoms with van der Waals surface area (Å²) in [5.41, 5.74) is 3.51. The first-order chi connectivity index (χ1) is 16.0. The van der Waals surface area contributed by atoms with Gasteiger partial charge < -0.3 is 10.1 Å². The molecule has 0 aromatic heterocycles. The standard InChI is InChI=1S/C26H25ClN2O3S/c1-2-32-18-12-10-17(11-13-18)26-21-7-5-6-20(21)22-16-19(14-15-24(22)28-26)33(30,31)29-25-9-4-3-8-23(25)27/h3-6,8-16,20-21,26,28-29H,2,7H2,1H3/t20-,21+,26+/m0/s1. The van der Waals surface area contributed by atoms with E-state index in [4.69, 9.17) is 16.3 Å². The summed E-state index contributed by atoms with van der Waals surface area (Å²) >= 11 is 6.15. The molecule has 1 aliphatic heterocycles. The summed E-state index contributed by atoms with van der Waals surface area (Å²) in [5, 5.41) is 4.02. The van der Waals surface area contributed by atoms with Gasteiger partial charge in [-0.05, 0) is 72.9 Å². The zero-order valence-electron chi connectivity index (χ0n) is 18.2. The third kappa shape index (κ3) is 4.21. The van der Waals surface area contributed by atoms with Crippen molar-refractivity contribution in [2.45, 2.75) is 30.2 Å². The predicted molar refractivity (Wildman–Crippen MR) is 133 cm³/mol. The number of allylic oxidation sites excluding steroid dienone is 2. The fourth-order valence-electron chi connectivity index (χ4n) is 4.76. The van der Waals surface area contributed by atoms with E-state index < -0.39 is 10.0 Å². The van der Waals surface area contributed by atoms with Crippen LogP contribution in [0.15, 0.2) is 83.8 Å². The number of ether oxygens (including phenoxy) is 1. The second kappa shape index (κ2) is 8.76. The molecule has 3 atom stereocenters. The molecule has 3 aromatic carbocycles. The van der Waals surface area contributed by atoms with Crippen LogP contribution in [0.2, 0.25) is 5.02 Å². The monoisotopic (exact) mass is 480 g/mol. The summed E-state index contributed by atoms with van der Waals surface area (Å²) in [7, 11) is -3.77. The lowest BCUT2D eigenvalue weighted by molar-refractivity contribution is 0.340. The van der Waals surface area contributed by atoms with Gasteiger partial charge in [-0.15, -0.1) is 0 Å². The zero-order chi connectivity index (χ0) is 23.0. The molecule has 0 spiro atoms. The van der Waals surface area contributed by atoms with E-state index in [1.54, 1.807) is 36.4 Å². The van der Waals surface area contributed by atoms with Crippen molar-refractivity contribution in [1.82, 2.24) is 0 Å². The van der Waals surface area contributed by atoms with E-state index in [2.05, 4.69) is 34.3 Å². The van der Waals surface area contributed by atoms with Gasteiger partial charge in [-0.2, -0.15) is 0 Å². The lowest BCUT2D eigenvalue weighted by atomic mass is 9.77. The highest BCUT2D eigenvalue weighted by molar-refractivity contribution is 7.92. The van der Waals surface area contributed by atoms with Crippen LogP contribution in [-0.2, 0) is 10.0 Å². The van der Waals surface area contributed by atoms with Crippen LogP contribution in [0.5, 0.6) is 5.75 Å². The molecule has 3 aromatic rings. The van der Waals surface area contributed by atoms with Gasteiger partial charge in [0.1, 0.15) is 5.75 Å². The van der Waals surface area contributed by atoms with Crippen molar-refractivity contribution in [3.8, 4) is 5.75 Å². The maximum Gasteiger partial charge on any atom is 0.261 e. The highest BCUT2D eigenvalue weighted by atomic mass is 35.5. The molecule has 1 heterocycles. The summed E-state index contributed by atoms with van der Waals surface area (Å²) in [4.78, 5) is 0.224. The summed E-state index contributed by atoms with van der Waals surface area (Å²) in [6.45, 7) is 2.61. The van der Waals surface area contributed by atoms with E-state index in [1.807, 2.05) is 25.1 Å². The molecule has 33 heavy (non-hydrogen) atoms. The van der Waals surface area contributed by atoms with Crippen LogP contribution in [0.25, 0.3) is 0 Å². The van der Waals surface area contributed by atoms with Crippen LogP contribution in [0.4, 0.5) is 11.4 Å². The predicted octanol–water partition coefficient (Wildman–Crippen LogP) is 6.37. The van der Waals surface area contributed by atoms with Gasteiger partial charge in [-0.3, -0.25) is 4.72 Å². The molecule has 0 bridgehead atoms. The normalized spacial score (nSPS) is 21.1. The number of halogens is 1. The molecule has 1 aliphatic carbocycles. The molecule has 0 saturated carbocycles. The van der Waals surface area contributed by atoms with Crippen LogP contribution in [0.1, 0.15) is 36.4 Å². The Bertz CT molecular complexity index is 1310. The average molecular weight is 481 g/mol. The van der Waals surface area contributed by atoms with Gasteiger partial charge >= 0.3 is 0 Å². The molecule has 0 saturated heterocycles. The SMILES string of the molecule is CCOc1ccc([C@H]2Nc3ccc(S(=O)(=O)Nc4ccccc4Cl)cc3[C@H]3C=CC[C@H]32)cc1. The molecule has 0 unspecified atom stereocenters. The summed E-state index contributed by atoms with van der Waals surface area (Å²) in [5.74, 6) is 1.32. The van der Waals surface area contributed by atoms with Crippen LogP contribution in [0.3, 0.4) is 0 Å². The number of hydrogen-bond acceptors (Lipinski definition) is 4. The molecule has 0 amide bonds. The Hall–Kier alpha value is -2.96.